The summed E-state index contributed by atoms with van der Waals surface area (Å²) in [6, 6.07) is 33.0. The molecule has 117 heavy (non-hydrogen) atoms. The van der Waals surface area contributed by atoms with Crippen molar-refractivity contribution in [2.24, 2.45) is 16.2 Å². The lowest BCUT2D eigenvalue weighted by atomic mass is 9.65. The summed E-state index contributed by atoms with van der Waals surface area (Å²) in [5, 5.41) is 37.2. The number of fused-ring (bicyclic) bond motifs is 6. The van der Waals surface area contributed by atoms with Crippen molar-refractivity contribution in [2.45, 2.75) is 113 Å². The lowest BCUT2D eigenvalue weighted by Gasteiger charge is -2.44. The van der Waals surface area contributed by atoms with Gasteiger partial charge in [0.15, 0.2) is 22.4 Å². The molecule has 12 heterocycles. The van der Waals surface area contributed by atoms with Gasteiger partial charge in [-0.25, -0.2) is 61.8 Å². The van der Waals surface area contributed by atoms with Crippen molar-refractivity contribution in [1.29, 1.82) is 0 Å². The monoisotopic (exact) mass is 1640 g/mol. The quantitative estimate of drug-likeness (QED) is 0.0720. The minimum Gasteiger partial charge on any atom is -0.291 e. The Bertz CT molecular complexity index is 6040. The maximum Gasteiger partial charge on any atom is 0.264 e. The number of benzene rings is 3. The van der Waals surface area contributed by atoms with Crippen LogP contribution in [0.4, 0.5) is 13.2 Å². The molecule has 0 amide bonds. The molecule has 30 nitrogen and oxygen atoms in total. The molecular formula is C81H78F3N21O9S3. The van der Waals surface area contributed by atoms with E-state index in [4.69, 9.17) is 0 Å². The number of carbonyl (C=O) groups excluding carboxylic acids is 3. The number of hydrogen-bond acceptors (Lipinski definition) is 21. The molecule has 3 fully saturated rings. The smallest absolute Gasteiger partial charge is 0.264 e. The van der Waals surface area contributed by atoms with Crippen LogP contribution in [0.3, 0.4) is 0 Å². The molecule has 3 aromatic carbocycles. The van der Waals surface area contributed by atoms with Crippen LogP contribution in [0, 0.1) is 33.7 Å². The minimum absolute atomic E-state index is 0.00834. The van der Waals surface area contributed by atoms with Crippen LogP contribution < -0.4 is 0 Å². The van der Waals surface area contributed by atoms with Gasteiger partial charge in [0, 0.05) is 69.9 Å². The highest BCUT2D eigenvalue weighted by atomic mass is 32.2. The Morgan fingerprint density at radius 1 is 0.419 bits per heavy atom. The summed E-state index contributed by atoms with van der Waals surface area (Å²) in [4.78, 5) is 56.8. The van der Waals surface area contributed by atoms with Crippen molar-refractivity contribution in [3.8, 4) is 17.1 Å². The molecule has 12 aromatic rings. The number of sulfonamides is 3. The van der Waals surface area contributed by atoms with Crippen molar-refractivity contribution < 1.29 is 52.8 Å². The second-order valence-electron chi connectivity index (χ2n) is 30.4. The summed E-state index contributed by atoms with van der Waals surface area (Å²) in [5.41, 5.74) is 6.54. The summed E-state index contributed by atoms with van der Waals surface area (Å²) in [6.45, 7) is 11.5. The van der Waals surface area contributed by atoms with Gasteiger partial charge in [-0.1, -0.05) is 45.3 Å². The van der Waals surface area contributed by atoms with Crippen molar-refractivity contribution in [2.75, 3.05) is 39.3 Å². The second kappa shape index (κ2) is 30.8. The number of hydrogen-bond donors (Lipinski definition) is 0. The minimum atomic E-state index is -4.02. The van der Waals surface area contributed by atoms with Crippen LogP contribution >= 0.6 is 0 Å². The SMILES string of the molecule is CC(C)n1cc(S(=O)(=O)N2CCC3=Cc4c(cnn4-c4ccc(F)cc4)C[C@]3(C(=O)c3ccccn3)C2)nn1.CC(C)n1ncc(S(=O)(=O)N2CCC3=Cc4c(cnn4-c4ccc(F)cc4)C[C@]3(C(=O)c3ccccn3)C2)n1.CC(C)n1nncc1S(=O)(=O)N1CCC2=Cc3c(cnn3-c3ccc(F)cc3)C[C@]2(C(=O)c2ccccn2)C1. The van der Waals surface area contributed by atoms with Gasteiger partial charge in [0.05, 0.1) is 93.6 Å². The van der Waals surface area contributed by atoms with E-state index in [1.54, 1.807) is 142 Å². The van der Waals surface area contributed by atoms with E-state index >= 15 is 0 Å². The van der Waals surface area contributed by atoms with Crippen molar-refractivity contribution in [1.82, 2.24) is 102 Å². The topological polar surface area (TPSA) is 348 Å². The highest BCUT2D eigenvalue weighted by Crippen LogP contribution is 2.51. The Morgan fingerprint density at radius 2 is 0.795 bits per heavy atom. The van der Waals surface area contributed by atoms with Crippen molar-refractivity contribution in [3.63, 3.8) is 0 Å². The third-order valence-corrected chi connectivity index (χ3v) is 27.4. The van der Waals surface area contributed by atoms with Crippen LogP contribution in [-0.4, -0.2) is 184 Å². The first kappa shape index (κ1) is 78.8. The van der Waals surface area contributed by atoms with Gasteiger partial charge in [-0.15, -0.1) is 15.3 Å². The molecule has 36 heteroatoms. The largest absolute Gasteiger partial charge is 0.291 e. The Labute approximate surface area is 670 Å². The van der Waals surface area contributed by atoms with E-state index in [0.717, 1.165) is 50.5 Å². The normalized spacial score (nSPS) is 19.4. The molecule has 600 valence electrons. The third-order valence-electron chi connectivity index (χ3n) is 22.2. The average Bonchev–Trinajstić information content (AvgIpc) is 1.70. The first-order valence-electron chi connectivity index (χ1n) is 37.8. The number of carbonyl (C=O) groups is 3. The third kappa shape index (κ3) is 14.4. The summed E-state index contributed by atoms with van der Waals surface area (Å²) in [6.07, 6.45) is 21.2. The number of ketones is 3. The predicted molar refractivity (Wildman–Crippen MR) is 420 cm³/mol. The van der Waals surface area contributed by atoms with Gasteiger partial charge in [0.2, 0.25) is 10.1 Å². The molecular weight excluding hydrogens is 1560 g/mol. The number of nitrogens with zero attached hydrogens (tertiary/aromatic N) is 21. The molecule has 3 aliphatic heterocycles. The van der Waals surface area contributed by atoms with E-state index < -0.39 is 46.3 Å². The number of aromatic nitrogens is 18. The van der Waals surface area contributed by atoms with Crippen LogP contribution in [0.1, 0.15) is 144 Å². The molecule has 3 saturated heterocycles. The van der Waals surface area contributed by atoms with Gasteiger partial charge in [0.1, 0.15) is 34.5 Å². The van der Waals surface area contributed by atoms with Gasteiger partial charge in [-0.2, -0.15) is 38.1 Å². The molecule has 0 bridgehead atoms. The summed E-state index contributed by atoms with van der Waals surface area (Å²) >= 11 is 0. The van der Waals surface area contributed by atoms with Crippen LogP contribution in [0.2, 0.25) is 0 Å². The summed E-state index contributed by atoms with van der Waals surface area (Å²) < 4.78 is 135. The molecule has 0 saturated carbocycles. The van der Waals surface area contributed by atoms with Gasteiger partial charge >= 0.3 is 0 Å². The lowest BCUT2D eigenvalue weighted by Crippen LogP contribution is -2.53. The van der Waals surface area contributed by atoms with Gasteiger partial charge < -0.3 is 0 Å². The molecule has 9 aromatic heterocycles. The average molecular weight is 1640 g/mol. The zero-order valence-electron chi connectivity index (χ0n) is 64.2. The first-order chi connectivity index (χ1) is 56.1. The molecule has 3 aliphatic carbocycles. The van der Waals surface area contributed by atoms with Crippen molar-refractivity contribution in [3.05, 3.63) is 268 Å². The number of pyridine rings is 3. The maximum atomic E-state index is 14.2. The van der Waals surface area contributed by atoms with Gasteiger partial charge in [-0.3, -0.25) is 29.3 Å². The Kier molecular flexibility index (Phi) is 20.8. The van der Waals surface area contributed by atoms with Gasteiger partial charge in [0.25, 0.3) is 30.1 Å². The standard InChI is InChI=1S/3C27H26FN7O3S/c1-18(2)34-25(16-30-32-34)39(37,38)33-12-10-20-13-24-19(15-31-35(24)22-8-6-21(28)7-9-22)14-27(20,17-33)26(36)23-5-3-4-11-29-23;1-18(2)34-16-25(31-32-34)39(37,38)33-12-10-20-13-24-19(15-30-35(24)22-8-6-21(28)7-9-22)14-27(20,17-33)26(36)23-5-3-4-11-29-23;1-18(2)35-31-16-25(32-35)39(37,38)33-12-10-20-13-24-19(15-30-34(24)22-8-6-21(28)7-9-22)14-27(20,17-33)26(36)23-5-3-4-11-29-23/h3*3-9,11,13,15-16,18H,10,12,14,17H2,1-2H3/t3*27-/m000/s1. The molecule has 6 aliphatic rings. The molecule has 0 N–H and O–H groups in total. The molecule has 18 rings (SSSR count). The fourth-order valence-electron chi connectivity index (χ4n) is 16.1. The Hall–Kier alpha value is -12.1. The summed E-state index contributed by atoms with van der Waals surface area (Å²) in [7, 11) is -12.0. The zero-order chi connectivity index (χ0) is 82.1. The van der Waals surface area contributed by atoms with Crippen LogP contribution in [-0.2, 0) is 49.3 Å². The van der Waals surface area contributed by atoms with E-state index in [2.05, 4.69) is 61.1 Å². The highest BCUT2D eigenvalue weighted by molar-refractivity contribution is 7.89. The fourth-order valence-corrected chi connectivity index (χ4v) is 20.5. The Morgan fingerprint density at radius 3 is 1.13 bits per heavy atom. The van der Waals surface area contributed by atoms with E-state index in [1.807, 2.05) is 59.8 Å². The van der Waals surface area contributed by atoms with Crippen LogP contribution in [0.25, 0.3) is 35.3 Å². The van der Waals surface area contributed by atoms with Crippen LogP contribution in [0.5, 0.6) is 0 Å². The molecule has 0 unspecified atom stereocenters. The number of Topliss-reactive ketones (excluding diaryl/α,β-unsaturated/α-hetero) is 3. The second-order valence-corrected chi connectivity index (χ2v) is 36.0. The molecule has 0 radical (unpaired) electrons. The maximum absolute atomic E-state index is 14.2. The Balaban J connectivity index is 0.000000131. The highest BCUT2D eigenvalue weighted by Gasteiger charge is 2.55. The molecule has 3 atom stereocenters. The number of piperidine rings is 3. The number of halogens is 3. The zero-order valence-corrected chi connectivity index (χ0v) is 66.6. The first-order valence-corrected chi connectivity index (χ1v) is 42.1. The van der Waals surface area contributed by atoms with Crippen molar-refractivity contribution >= 4 is 65.6 Å². The fraction of sp³-hybridized carbons (Fsp3) is 0.296. The summed E-state index contributed by atoms with van der Waals surface area (Å²) in [5.74, 6) is -1.79. The molecule has 0 spiro atoms. The van der Waals surface area contributed by atoms with E-state index in [0.29, 0.717) is 36.3 Å². The van der Waals surface area contributed by atoms with E-state index in [1.165, 1.54) is 82.1 Å². The van der Waals surface area contributed by atoms with E-state index in [-0.39, 0.29) is 144 Å². The lowest BCUT2D eigenvalue weighted by molar-refractivity contribution is 0.0762. The van der Waals surface area contributed by atoms with Crippen LogP contribution in [0.15, 0.2) is 215 Å². The number of rotatable bonds is 18. The van der Waals surface area contributed by atoms with E-state index in [9.17, 15) is 52.8 Å². The van der Waals surface area contributed by atoms with Gasteiger partial charge in [-0.05, 0) is 224 Å². The predicted octanol–water partition coefficient (Wildman–Crippen LogP) is 10.4.